The molecule has 0 saturated heterocycles. The van der Waals surface area contributed by atoms with Crippen LogP contribution in [-0.2, 0) is 4.84 Å². The SMILES string of the molecule is COc1ccc(C2CC(c3cc(C)cc(Br)c3O)=NO2)cc1. The van der Waals surface area contributed by atoms with Gasteiger partial charge < -0.3 is 14.7 Å². The molecule has 5 heteroatoms. The van der Waals surface area contributed by atoms with Gasteiger partial charge in [0.2, 0.25) is 0 Å². The summed E-state index contributed by atoms with van der Waals surface area (Å²) in [5, 5.41) is 14.4. The van der Waals surface area contributed by atoms with Crippen LogP contribution < -0.4 is 4.74 Å². The quantitative estimate of drug-likeness (QED) is 0.884. The Morgan fingerprint density at radius 3 is 2.68 bits per heavy atom. The summed E-state index contributed by atoms with van der Waals surface area (Å²) in [6.07, 6.45) is 0.482. The van der Waals surface area contributed by atoms with Gasteiger partial charge in [-0.25, -0.2) is 0 Å². The maximum Gasteiger partial charge on any atom is 0.158 e. The van der Waals surface area contributed by atoms with E-state index in [4.69, 9.17) is 9.57 Å². The maximum absolute atomic E-state index is 10.2. The van der Waals surface area contributed by atoms with Crippen molar-refractivity contribution in [3.05, 3.63) is 57.6 Å². The number of methoxy groups -OCH3 is 1. The summed E-state index contributed by atoms with van der Waals surface area (Å²) in [5.41, 5.74) is 3.55. The maximum atomic E-state index is 10.2. The van der Waals surface area contributed by atoms with E-state index in [1.165, 1.54) is 0 Å². The van der Waals surface area contributed by atoms with Crippen molar-refractivity contribution >= 4 is 21.6 Å². The molecule has 0 aromatic heterocycles. The van der Waals surface area contributed by atoms with Crippen LogP contribution in [-0.4, -0.2) is 17.9 Å². The molecule has 0 radical (unpaired) electrons. The highest BCUT2D eigenvalue weighted by Crippen LogP contribution is 2.36. The zero-order chi connectivity index (χ0) is 15.7. The Balaban J connectivity index is 1.82. The highest BCUT2D eigenvalue weighted by Gasteiger charge is 2.26. The molecule has 0 aliphatic carbocycles. The predicted molar refractivity (Wildman–Crippen MR) is 88.5 cm³/mol. The summed E-state index contributed by atoms with van der Waals surface area (Å²) < 4.78 is 5.82. The molecule has 0 fully saturated rings. The first kappa shape index (κ1) is 14.9. The lowest BCUT2D eigenvalue weighted by atomic mass is 9.98. The van der Waals surface area contributed by atoms with Crippen LogP contribution in [0.5, 0.6) is 11.5 Å². The van der Waals surface area contributed by atoms with Crippen molar-refractivity contribution in [3.63, 3.8) is 0 Å². The van der Waals surface area contributed by atoms with Crippen LogP contribution >= 0.6 is 15.9 Å². The fourth-order valence-electron chi connectivity index (χ4n) is 2.49. The number of hydrogen-bond donors (Lipinski definition) is 1. The molecule has 1 N–H and O–H groups in total. The summed E-state index contributed by atoms with van der Waals surface area (Å²) in [6, 6.07) is 11.5. The van der Waals surface area contributed by atoms with Crippen molar-refractivity contribution in [2.24, 2.45) is 5.16 Å². The van der Waals surface area contributed by atoms with Gasteiger partial charge in [-0.15, -0.1) is 0 Å². The molecule has 2 aromatic carbocycles. The zero-order valence-electron chi connectivity index (χ0n) is 12.3. The Labute approximate surface area is 137 Å². The number of aryl methyl sites for hydroxylation is 1. The number of ether oxygens (including phenoxy) is 1. The third kappa shape index (κ3) is 2.81. The molecular weight excluding hydrogens is 346 g/mol. The number of nitrogens with zero attached hydrogens (tertiary/aromatic N) is 1. The van der Waals surface area contributed by atoms with Gasteiger partial charge in [0.1, 0.15) is 11.5 Å². The smallest absolute Gasteiger partial charge is 0.158 e. The number of phenolic OH excluding ortho intramolecular Hbond substituents is 1. The fourth-order valence-corrected chi connectivity index (χ4v) is 3.06. The second kappa shape index (κ2) is 6.01. The monoisotopic (exact) mass is 361 g/mol. The summed E-state index contributed by atoms with van der Waals surface area (Å²) in [5.74, 6) is 1.01. The van der Waals surface area contributed by atoms with Gasteiger partial charge in [0, 0.05) is 12.0 Å². The van der Waals surface area contributed by atoms with Gasteiger partial charge in [-0.3, -0.25) is 0 Å². The second-order valence-corrected chi connectivity index (χ2v) is 6.11. The van der Waals surface area contributed by atoms with E-state index in [1.807, 2.05) is 43.3 Å². The fraction of sp³-hybridized carbons (Fsp3) is 0.235. The minimum Gasteiger partial charge on any atom is -0.506 e. The van der Waals surface area contributed by atoms with Crippen molar-refractivity contribution < 1.29 is 14.7 Å². The summed E-state index contributed by atoms with van der Waals surface area (Å²) in [4.78, 5) is 5.54. The van der Waals surface area contributed by atoms with Crippen LogP contribution in [0.3, 0.4) is 0 Å². The number of halogens is 1. The zero-order valence-corrected chi connectivity index (χ0v) is 13.9. The van der Waals surface area contributed by atoms with Crippen molar-refractivity contribution in [3.8, 4) is 11.5 Å². The molecule has 0 amide bonds. The molecule has 4 nitrogen and oxygen atoms in total. The Morgan fingerprint density at radius 2 is 2.00 bits per heavy atom. The number of hydrogen-bond acceptors (Lipinski definition) is 4. The van der Waals surface area contributed by atoms with Gasteiger partial charge >= 0.3 is 0 Å². The average Bonchev–Trinajstić information content (AvgIpc) is 3.00. The van der Waals surface area contributed by atoms with E-state index in [-0.39, 0.29) is 11.9 Å². The molecule has 0 spiro atoms. The van der Waals surface area contributed by atoms with E-state index in [0.29, 0.717) is 16.5 Å². The molecule has 114 valence electrons. The summed E-state index contributed by atoms with van der Waals surface area (Å²) >= 11 is 3.36. The first-order valence-corrected chi connectivity index (χ1v) is 7.74. The van der Waals surface area contributed by atoms with Crippen LogP contribution in [0.25, 0.3) is 0 Å². The second-order valence-electron chi connectivity index (χ2n) is 5.25. The van der Waals surface area contributed by atoms with E-state index >= 15 is 0 Å². The van der Waals surface area contributed by atoms with Gasteiger partial charge in [-0.2, -0.15) is 0 Å². The Kier molecular flexibility index (Phi) is 4.07. The van der Waals surface area contributed by atoms with Gasteiger partial charge in [0.25, 0.3) is 0 Å². The molecule has 0 saturated carbocycles. The number of rotatable bonds is 3. The van der Waals surface area contributed by atoms with E-state index in [9.17, 15) is 5.11 Å². The molecule has 1 heterocycles. The standard InChI is InChI=1S/C17H16BrNO3/c1-10-7-13(17(20)14(18)8-10)15-9-16(22-19-15)11-3-5-12(21-2)6-4-11/h3-8,16,20H,9H2,1-2H3. The van der Waals surface area contributed by atoms with Crippen molar-refractivity contribution in [1.29, 1.82) is 0 Å². The van der Waals surface area contributed by atoms with Crippen molar-refractivity contribution in [2.75, 3.05) is 7.11 Å². The van der Waals surface area contributed by atoms with E-state index < -0.39 is 0 Å². The van der Waals surface area contributed by atoms with Gasteiger partial charge in [-0.05, 0) is 58.2 Å². The minimum absolute atomic E-state index is 0.139. The molecule has 1 unspecified atom stereocenters. The molecule has 0 bridgehead atoms. The predicted octanol–water partition coefficient (Wildman–Crippen LogP) is 4.34. The molecule has 2 aromatic rings. The largest absolute Gasteiger partial charge is 0.506 e. The average molecular weight is 362 g/mol. The van der Waals surface area contributed by atoms with Crippen molar-refractivity contribution in [2.45, 2.75) is 19.4 Å². The molecule has 22 heavy (non-hydrogen) atoms. The highest BCUT2D eigenvalue weighted by molar-refractivity contribution is 9.10. The highest BCUT2D eigenvalue weighted by atomic mass is 79.9. The Bertz CT molecular complexity index is 725. The van der Waals surface area contributed by atoms with Crippen molar-refractivity contribution in [1.82, 2.24) is 0 Å². The number of aromatic hydroxyl groups is 1. The first-order chi connectivity index (χ1) is 10.6. The van der Waals surface area contributed by atoms with E-state index in [1.54, 1.807) is 7.11 Å². The summed E-state index contributed by atoms with van der Waals surface area (Å²) in [6.45, 7) is 1.98. The molecule has 1 aliphatic heterocycles. The van der Waals surface area contributed by atoms with Crippen LogP contribution in [0.2, 0.25) is 0 Å². The topological polar surface area (TPSA) is 51.0 Å². The lowest BCUT2D eigenvalue weighted by Gasteiger charge is -2.10. The number of phenols is 1. The summed E-state index contributed by atoms with van der Waals surface area (Å²) in [7, 11) is 1.64. The number of benzene rings is 2. The van der Waals surface area contributed by atoms with Gasteiger partial charge in [0.05, 0.1) is 17.3 Å². The van der Waals surface area contributed by atoms with E-state index in [2.05, 4.69) is 21.1 Å². The van der Waals surface area contributed by atoms with Crippen LogP contribution in [0.4, 0.5) is 0 Å². The third-order valence-corrected chi connectivity index (χ3v) is 4.28. The van der Waals surface area contributed by atoms with Crippen LogP contribution in [0, 0.1) is 6.92 Å². The van der Waals surface area contributed by atoms with Crippen LogP contribution in [0.15, 0.2) is 46.0 Å². The number of oxime groups is 1. The van der Waals surface area contributed by atoms with Crippen LogP contribution in [0.1, 0.15) is 29.2 Å². The molecule has 1 aliphatic rings. The molecular formula is C17H16BrNO3. The molecule has 3 rings (SSSR count). The van der Waals surface area contributed by atoms with Gasteiger partial charge in [0.15, 0.2) is 6.10 Å². The Hall–Kier alpha value is -2.01. The lowest BCUT2D eigenvalue weighted by Crippen LogP contribution is -2.02. The first-order valence-electron chi connectivity index (χ1n) is 6.94. The normalized spacial score (nSPS) is 17.0. The Morgan fingerprint density at radius 1 is 1.27 bits per heavy atom. The van der Waals surface area contributed by atoms with E-state index in [0.717, 1.165) is 22.6 Å². The minimum atomic E-state index is -0.139. The third-order valence-electron chi connectivity index (χ3n) is 3.68. The lowest BCUT2D eigenvalue weighted by molar-refractivity contribution is 0.0857. The molecule has 1 atom stereocenters. The van der Waals surface area contributed by atoms with Gasteiger partial charge in [-0.1, -0.05) is 17.3 Å².